The van der Waals surface area contributed by atoms with Crippen molar-refractivity contribution in [1.29, 1.82) is 0 Å². The first-order chi connectivity index (χ1) is 7.70. The van der Waals surface area contributed by atoms with E-state index in [0.717, 1.165) is 28.4 Å². The number of hydrogen-bond acceptors (Lipinski definition) is 4. The van der Waals surface area contributed by atoms with Crippen molar-refractivity contribution in [2.45, 2.75) is 6.04 Å². The van der Waals surface area contributed by atoms with Gasteiger partial charge in [0.05, 0.1) is 9.83 Å². The summed E-state index contributed by atoms with van der Waals surface area (Å²) in [5.74, 6) is 1.56. The van der Waals surface area contributed by atoms with Gasteiger partial charge in [-0.2, -0.15) is 0 Å². The van der Waals surface area contributed by atoms with Gasteiger partial charge in [-0.15, -0.1) is 11.3 Å². The first kappa shape index (κ1) is 12.7. The summed E-state index contributed by atoms with van der Waals surface area (Å²) in [6, 6.07) is 4.47. The van der Waals surface area contributed by atoms with Crippen LogP contribution in [0.1, 0.15) is 10.9 Å². The molecule has 6 heteroatoms. The van der Waals surface area contributed by atoms with E-state index in [1.54, 1.807) is 11.3 Å². The molecule has 1 aliphatic rings. The highest BCUT2D eigenvalue weighted by molar-refractivity contribution is 9.11. The SMILES string of the molecule is NCC(c1ccc(Br)s1)N1CCS(=O)CC1. The predicted molar refractivity (Wildman–Crippen MR) is 73.3 cm³/mol. The Kier molecular flexibility index (Phi) is 4.55. The highest BCUT2D eigenvalue weighted by atomic mass is 79.9. The van der Waals surface area contributed by atoms with Crippen LogP contribution in [0, 0.1) is 0 Å². The summed E-state index contributed by atoms with van der Waals surface area (Å²) in [6.07, 6.45) is 0. The van der Waals surface area contributed by atoms with Gasteiger partial charge in [0.1, 0.15) is 0 Å². The number of nitrogens with two attached hydrogens (primary N) is 1. The lowest BCUT2D eigenvalue weighted by Crippen LogP contribution is -2.42. The molecular weight excluding hydrogens is 308 g/mol. The Morgan fingerprint density at radius 3 is 2.69 bits per heavy atom. The average molecular weight is 323 g/mol. The van der Waals surface area contributed by atoms with Gasteiger partial charge in [-0.1, -0.05) is 0 Å². The molecule has 0 aliphatic carbocycles. The lowest BCUT2D eigenvalue weighted by Gasteiger charge is -2.32. The minimum Gasteiger partial charge on any atom is -0.329 e. The molecule has 3 nitrogen and oxygen atoms in total. The Bertz CT molecular complexity index is 373. The van der Waals surface area contributed by atoms with Gasteiger partial charge in [0.15, 0.2) is 0 Å². The summed E-state index contributed by atoms with van der Waals surface area (Å²) in [7, 11) is -0.619. The number of hydrogen-bond donors (Lipinski definition) is 1. The van der Waals surface area contributed by atoms with E-state index >= 15 is 0 Å². The third-order valence-corrected chi connectivity index (χ3v) is 5.80. The van der Waals surface area contributed by atoms with Crippen molar-refractivity contribution in [3.8, 4) is 0 Å². The first-order valence-corrected chi connectivity index (χ1v) is 8.35. The van der Waals surface area contributed by atoms with Gasteiger partial charge in [0.25, 0.3) is 0 Å². The minimum atomic E-state index is -0.619. The molecule has 1 unspecified atom stereocenters. The smallest absolute Gasteiger partial charge is 0.0702 e. The van der Waals surface area contributed by atoms with E-state index in [-0.39, 0.29) is 6.04 Å². The molecule has 1 aromatic rings. The molecule has 2 rings (SSSR count). The van der Waals surface area contributed by atoms with Crippen molar-refractivity contribution in [3.63, 3.8) is 0 Å². The minimum absolute atomic E-state index is 0.286. The van der Waals surface area contributed by atoms with Crippen LogP contribution < -0.4 is 5.73 Å². The Balaban J connectivity index is 2.07. The maximum absolute atomic E-state index is 11.3. The van der Waals surface area contributed by atoms with E-state index in [1.165, 1.54) is 4.88 Å². The lowest BCUT2D eigenvalue weighted by atomic mass is 10.2. The largest absolute Gasteiger partial charge is 0.329 e. The van der Waals surface area contributed by atoms with Gasteiger partial charge in [0, 0.05) is 46.8 Å². The second-order valence-corrected chi connectivity index (χ2v) is 7.97. The molecule has 1 aliphatic heterocycles. The van der Waals surface area contributed by atoms with E-state index in [4.69, 9.17) is 5.73 Å². The molecule has 0 saturated carbocycles. The molecule has 1 fully saturated rings. The number of rotatable bonds is 3. The molecule has 0 radical (unpaired) electrons. The van der Waals surface area contributed by atoms with Crippen LogP contribution in [0.5, 0.6) is 0 Å². The number of halogens is 1. The highest BCUT2D eigenvalue weighted by Crippen LogP contribution is 2.30. The molecule has 0 bridgehead atoms. The summed E-state index contributed by atoms with van der Waals surface area (Å²) in [5, 5.41) is 0. The Morgan fingerprint density at radius 1 is 1.50 bits per heavy atom. The van der Waals surface area contributed by atoms with Crippen molar-refractivity contribution in [2.75, 3.05) is 31.1 Å². The van der Waals surface area contributed by atoms with Crippen LogP contribution in [0.2, 0.25) is 0 Å². The number of thiophene rings is 1. The molecule has 90 valence electrons. The third-order valence-electron chi connectivity index (χ3n) is 2.80. The topological polar surface area (TPSA) is 46.3 Å². The Hall–Kier alpha value is 0.250. The van der Waals surface area contributed by atoms with Crippen LogP contribution in [-0.2, 0) is 10.8 Å². The summed E-state index contributed by atoms with van der Waals surface area (Å²) in [4.78, 5) is 3.64. The van der Waals surface area contributed by atoms with Crippen molar-refractivity contribution in [2.24, 2.45) is 5.73 Å². The normalized spacial score (nSPS) is 21.1. The van der Waals surface area contributed by atoms with Crippen LogP contribution in [0.4, 0.5) is 0 Å². The van der Waals surface area contributed by atoms with Crippen molar-refractivity contribution < 1.29 is 4.21 Å². The molecule has 1 atom stereocenters. The fraction of sp³-hybridized carbons (Fsp3) is 0.600. The standard InChI is InChI=1S/C10H15BrN2OS2/c11-10-2-1-9(15-10)8(7-12)13-3-5-16(14)6-4-13/h1-2,8H,3-7,12H2. The van der Waals surface area contributed by atoms with Gasteiger partial charge in [0.2, 0.25) is 0 Å². The first-order valence-electron chi connectivity index (χ1n) is 5.25. The molecule has 1 saturated heterocycles. The molecule has 1 aromatic heterocycles. The third kappa shape index (κ3) is 2.92. The average Bonchev–Trinajstić information content (AvgIpc) is 2.69. The zero-order valence-corrected chi connectivity index (χ0v) is 12.1. The Morgan fingerprint density at radius 2 is 2.19 bits per heavy atom. The van der Waals surface area contributed by atoms with E-state index < -0.39 is 10.8 Å². The fourth-order valence-electron chi connectivity index (χ4n) is 1.92. The zero-order valence-electron chi connectivity index (χ0n) is 8.89. The maximum Gasteiger partial charge on any atom is 0.0702 e. The van der Waals surface area contributed by atoms with Gasteiger partial charge in [-0.05, 0) is 28.1 Å². The number of nitrogens with zero attached hydrogens (tertiary/aromatic N) is 1. The maximum atomic E-state index is 11.3. The van der Waals surface area contributed by atoms with E-state index in [9.17, 15) is 4.21 Å². The van der Waals surface area contributed by atoms with Gasteiger partial charge in [-0.25, -0.2) is 0 Å². The lowest BCUT2D eigenvalue weighted by molar-refractivity contribution is 0.224. The van der Waals surface area contributed by atoms with Crippen LogP contribution in [-0.4, -0.2) is 40.2 Å². The quantitative estimate of drug-likeness (QED) is 0.919. The molecule has 2 N–H and O–H groups in total. The summed E-state index contributed by atoms with van der Waals surface area (Å²) in [6.45, 7) is 2.41. The zero-order chi connectivity index (χ0) is 11.5. The summed E-state index contributed by atoms with van der Waals surface area (Å²) >= 11 is 5.21. The van der Waals surface area contributed by atoms with Crippen molar-refractivity contribution in [3.05, 3.63) is 20.8 Å². The second-order valence-electron chi connectivity index (χ2n) is 3.78. The van der Waals surface area contributed by atoms with Crippen molar-refractivity contribution >= 4 is 38.1 Å². The van der Waals surface area contributed by atoms with Crippen LogP contribution in [0.25, 0.3) is 0 Å². The second kappa shape index (κ2) is 5.73. The summed E-state index contributed by atoms with van der Waals surface area (Å²) < 4.78 is 12.4. The van der Waals surface area contributed by atoms with Crippen LogP contribution in [0.15, 0.2) is 15.9 Å². The summed E-state index contributed by atoms with van der Waals surface area (Å²) in [5.41, 5.74) is 5.85. The molecule has 0 spiro atoms. The van der Waals surface area contributed by atoms with Crippen LogP contribution >= 0.6 is 27.3 Å². The predicted octanol–water partition coefficient (Wildman–Crippen LogP) is 1.57. The van der Waals surface area contributed by atoms with E-state index in [0.29, 0.717) is 6.54 Å². The van der Waals surface area contributed by atoms with Crippen molar-refractivity contribution in [1.82, 2.24) is 4.90 Å². The van der Waals surface area contributed by atoms with Gasteiger partial charge in [-0.3, -0.25) is 9.11 Å². The Labute approximate surface area is 111 Å². The fourth-order valence-corrected chi connectivity index (χ4v) is 4.57. The molecule has 2 heterocycles. The monoisotopic (exact) mass is 322 g/mol. The highest BCUT2D eigenvalue weighted by Gasteiger charge is 2.24. The molecule has 0 aromatic carbocycles. The van der Waals surface area contributed by atoms with E-state index in [1.807, 2.05) is 0 Å². The van der Waals surface area contributed by atoms with Gasteiger partial charge >= 0.3 is 0 Å². The molecule has 0 amide bonds. The molecular formula is C10H15BrN2OS2. The molecule has 16 heavy (non-hydrogen) atoms. The van der Waals surface area contributed by atoms with Gasteiger partial charge < -0.3 is 5.73 Å². The van der Waals surface area contributed by atoms with E-state index in [2.05, 4.69) is 33.0 Å². The van der Waals surface area contributed by atoms with Crippen LogP contribution in [0.3, 0.4) is 0 Å².